The molecule has 1 aromatic carbocycles. The molecule has 0 spiro atoms. The summed E-state index contributed by atoms with van der Waals surface area (Å²) in [5.74, 6) is -0.329. The van der Waals surface area contributed by atoms with Gasteiger partial charge in [-0.15, -0.1) is 0 Å². The molecule has 0 unspecified atom stereocenters. The summed E-state index contributed by atoms with van der Waals surface area (Å²) in [6.45, 7) is 6.01. The van der Waals surface area contributed by atoms with E-state index in [2.05, 4.69) is 11.3 Å². The molecule has 0 fully saturated rings. The number of rotatable bonds is 2. The van der Waals surface area contributed by atoms with E-state index in [0.717, 1.165) is 6.26 Å². The maximum atomic E-state index is 10.7. The average molecular weight is 293 g/mol. The minimum absolute atomic E-state index is 0.144. The van der Waals surface area contributed by atoms with E-state index in [1.54, 1.807) is 6.07 Å². The first-order valence-corrected chi connectivity index (χ1v) is 6.52. The maximum absolute atomic E-state index is 10.7. The highest BCUT2D eigenvalue weighted by molar-refractivity contribution is 7.85. The molecule has 0 amide bonds. The Hall–Kier alpha value is -1.37. The van der Waals surface area contributed by atoms with Crippen molar-refractivity contribution in [3.8, 4) is 0 Å². The molecule has 7 heteroatoms. The lowest BCUT2D eigenvalue weighted by molar-refractivity contribution is -0.135. The fourth-order valence-electron chi connectivity index (χ4n) is 0.984. The molecule has 1 aromatic rings. The van der Waals surface area contributed by atoms with Gasteiger partial charge in [0.15, 0.2) is 0 Å². The Morgan fingerprint density at radius 1 is 1.50 bits per heavy atom. The summed E-state index contributed by atoms with van der Waals surface area (Å²) in [6.07, 6.45) is 1.10. The molecule has 0 saturated heterocycles. The molecule has 0 aliphatic rings. The van der Waals surface area contributed by atoms with Gasteiger partial charge in [0.1, 0.15) is 0 Å². The summed E-state index contributed by atoms with van der Waals surface area (Å²) < 4.78 is 34.3. The maximum Gasteiger partial charge on any atom is 0.307 e. The minimum atomic E-state index is -4.14. The number of hydrogen-bond donors (Lipinski definition) is 1. The predicted molar refractivity (Wildman–Crippen MR) is 68.0 cm³/mol. The third kappa shape index (κ3) is 5.81. The first kappa shape index (κ1) is 16.6. The summed E-state index contributed by atoms with van der Waals surface area (Å²) >= 11 is 5.64. The standard InChI is InChI=1S/C7H7ClO3S.C4H6O2/c1-5-6(8)3-2-4-7(5)12(9,10)11;1-3-6-4(2)5/h2-4H,1H3,(H,9,10,11);3H,1H2,2H3. The Labute approximate surface area is 111 Å². The largest absolute Gasteiger partial charge is 0.435 e. The molecule has 0 aliphatic heterocycles. The molecule has 0 atom stereocenters. The van der Waals surface area contributed by atoms with Crippen LogP contribution in [0, 0.1) is 6.92 Å². The van der Waals surface area contributed by atoms with E-state index in [0.29, 0.717) is 10.6 Å². The van der Waals surface area contributed by atoms with Gasteiger partial charge in [0.2, 0.25) is 0 Å². The van der Waals surface area contributed by atoms with Gasteiger partial charge in [0, 0.05) is 11.9 Å². The van der Waals surface area contributed by atoms with Crippen molar-refractivity contribution < 1.29 is 22.5 Å². The van der Waals surface area contributed by atoms with Crippen LogP contribution in [0.1, 0.15) is 12.5 Å². The molecule has 0 saturated carbocycles. The van der Waals surface area contributed by atoms with E-state index in [-0.39, 0.29) is 10.9 Å². The van der Waals surface area contributed by atoms with E-state index in [1.807, 2.05) is 0 Å². The molecule has 5 nitrogen and oxygen atoms in total. The fourth-order valence-corrected chi connectivity index (χ4v) is 1.96. The Bertz CT molecular complexity index is 536. The first-order valence-electron chi connectivity index (χ1n) is 4.71. The van der Waals surface area contributed by atoms with Crippen LogP contribution in [0.5, 0.6) is 0 Å². The van der Waals surface area contributed by atoms with Crippen LogP contribution in [0.15, 0.2) is 35.9 Å². The first-order chi connectivity index (χ1) is 8.20. The molecule has 0 heterocycles. The molecule has 0 aliphatic carbocycles. The molecule has 1 N–H and O–H groups in total. The SMILES string of the molecule is C=COC(C)=O.Cc1c(Cl)cccc1S(=O)(=O)O. The summed E-state index contributed by atoms with van der Waals surface area (Å²) in [5.41, 5.74) is 0.363. The predicted octanol–water partition coefficient (Wildman–Crippen LogP) is 2.59. The van der Waals surface area contributed by atoms with Gasteiger partial charge >= 0.3 is 5.97 Å². The summed E-state index contributed by atoms with van der Waals surface area (Å²) in [5, 5.41) is 0.324. The Kier molecular flexibility index (Phi) is 6.61. The van der Waals surface area contributed by atoms with Crippen molar-refractivity contribution in [3.05, 3.63) is 41.6 Å². The second kappa shape index (κ2) is 7.15. The summed E-state index contributed by atoms with van der Waals surface area (Å²) in [7, 11) is -4.14. The lowest BCUT2D eigenvalue weighted by Crippen LogP contribution is -2.00. The zero-order valence-electron chi connectivity index (χ0n) is 9.88. The molecule has 1 rings (SSSR count). The molecule has 100 valence electrons. The topological polar surface area (TPSA) is 80.7 Å². The van der Waals surface area contributed by atoms with Gasteiger partial charge in [-0.3, -0.25) is 9.35 Å². The summed E-state index contributed by atoms with van der Waals surface area (Å²) in [6, 6.07) is 4.33. The van der Waals surface area contributed by atoms with Crippen LogP contribution >= 0.6 is 11.6 Å². The van der Waals surface area contributed by atoms with Crippen LogP contribution in [0.3, 0.4) is 0 Å². The van der Waals surface area contributed by atoms with Gasteiger partial charge in [-0.1, -0.05) is 24.2 Å². The van der Waals surface area contributed by atoms with E-state index >= 15 is 0 Å². The van der Waals surface area contributed by atoms with Gasteiger partial charge in [0.25, 0.3) is 10.1 Å². The van der Waals surface area contributed by atoms with E-state index in [9.17, 15) is 13.2 Å². The molecule has 0 bridgehead atoms. The highest BCUT2D eigenvalue weighted by Crippen LogP contribution is 2.21. The van der Waals surface area contributed by atoms with Gasteiger partial charge in [-0.25, -0.2) is 0 Å². The van der Waals surface area contributed by atoms with Gasteiger partial charge in [-0.05, 0) is 24.6 Å². The number of carbonyl (C=O) groups excluding carboxylic acids is 1. The van der Waals surface area contributed by atoms with Crippen molar-refractivity contribution in [2.45, 2.75) is 18.7 Å². The van der Waals surface area contributed by atoms with Crippen LogP contribution < -0.4 is 0 Å². The second-order valence-electron chi connectivity index (χ2n) is 3.11. The van der Waals surface area contributed by atoms with Crippen molar-refractivity contribution in [1.29, 1.82) is 0 Å². The van der Waals surface area contributed by atoms with Crippen LogP contribution in [-0.2, 0) is 19.6 Å². The zero-order valence-corrected chi connectivity index (χ0v) is 11.5. The Morgan fingerprint density at radius 2 is 2.06 bits per heavy atom. The molecule has 0 aromatic heterocycles. The number of carbonyl (C=O) groups is 1. The van der Waals surface area contributed by atoms with Crippen molar-refractivity contribution in [2.24, 2.45) is 0 Å². The second-order valence-corrected chi connectivity index (χ2v) is 4.91. The van der Waals surface area contributed by atoms with Crippen molar-refractivity contribution in [3.63, 3.8) is 0 Å². The van der Waals surface area contributed by atoms with E-state index in [4.69, 9.17) is 16.2 Å². The third-order valence-electron chi connectivity index (χ3n) is 1.75. The number of hydrogen-bond acceptors (Lipinski definition) is 4. The van der Waals surface area contributed by atoms with Gasteiger partial charge < -0.3 is 4.74 Å². The normalized spacial score (nSPS) is 10.0. The van der Waals surface area contributed by atoms with Crippen LogP contribution in [0.25, 0.3) is 0 Å². The highest BCUT2D eigenvalue weighted by atomic mass is 35.5. The van der Waals surface area contributed by atoms with Crippen molar-refractivity contribution in [1.82, 2.24) is 0 Å². The van der Waals surface area contributed by atoms with E-state index in [1.165, 1.54) is 26.0 Å². The zero-order chi connectivity index (χ0) is 14.3. The van der Waals surface area contributed by atoms with Crippen LogP contribution in [0.4, 0.5) is 0 Å². The molecule has 0 radical (unpaired) electrons. The number of esters is 1. The average Bonchev–Trinajstić information content (AvgIpc) is 2.21. The number of benzene rings is 1. The third-order valence-corrected chi connectivity index (χ3v) is 3.15. The molecular weight excluding hydrogens is 280 g/mol. The number of ether oxygens (including phenoxy) is 1. The van der Waals surface area contributed by atoms with Gasteiger partial charge in [-0.2, -0.15) is 8.42 Å². The van der Waals surface area contributed by atoms with E-state index < -0.39 is 10.1 Å². The minimum Gasteiger partial charge on any atom is -0.435 e. The molecule has 18 heavy (non-hydrogen) atoms. The monoisotopic (exact) mass is 292 g/mol. The van der Waals surface area contributed by atoms with Crippen LogP contribution in [0.2, 0.25) is 5.02 Å². The number of halogens is 1. The lowest BCUT2D eigenvalue weighted by atomic mass is 10.2. The Balaban J connectivity index is 0.000000411. The highest BCUT2D eigenvalue weighted by Gasteiger charge is 2.13. The van der Waals surface area contributed by atoms with Gasteiger partial charge in [0.05, 0.1) is 11.2 Å². The van der Waals surface area contributed by atoms with Crippen molar-refractivity contribution in [2.75, 3.05) is 0 Å². The quantitative estimate of drug-likeness (QED) is 0.515. The fraction of sp³-hybridized carbons (Fsp3) is 0.182. The lowest BCUT2D eigenvalue weighted by Gasteiger charge is -2.02. The van der Waals surface area contributed by atoms with Crippen LogP contribution in [-0.4, -0.2) is 18.9 Å². The molecular formula is C11H13ClO5S. The Morgan fingerprint density at radius 3 is 2.33 bits per heavy atom. The van der Waals surface area contributed by atoms with Crippen molar-refractivity contribution >= 4 is 27.7 Å². The smallest absolute Gasteiger partial charge is 0.307 e. The summed E-state index contributed by atoms with van der Waals surface area (Å²) in [4.78, 5) is 9.61.